The Morgan fingerprint density at radius 3 is 2.91 bits per heavy atom. The van der Waals surface area contributed by atoms with Gasteiger partial charge in [0.15, 0.2) is 5.58 Å². The molecule has 118 valence electrons. The van der Waals surface area contributed by atoms with Crippen molar-refractivity contribution >= 4 is 16.9 Å². The highest BCUT2D eigenvalue weighted by atomic mass is 19.1. The number of carbonyl (C=O) groups is 1. The molecular weight excluding hydrogens is 301 g/mol. The van der Waals surface area contributed by atoms with Crippen molar-refractivity contribution in [3.8, 4) is 5.75 Å². The number of para-hydroxylation sites is 1. The van der Waals surface area contributed by atoms with E-state index in [4.69, 9.17) is 14.0 Å². The van der Waals surface area contributed by atoms with Gasteiger partial charge in [0.25, 0.3) is 0 Å². The van der Waals surface area contributed by atoms with Crippen LogP contribution in [0.3, 0.4) is 0 Å². The molecule has 0 aliphatic rings. The normalized spacial score (nSPS) is 10.7. The lowest BCUT2D eigenvalue weighted by Gasteiger charge is -2.09. The van der Waals surface area contributed by atoms with Crippen LogP contribution in [0.2, 0.25) is 0 Å². The van der Waals surface area contributed by atoms with Crippen molar-refractivity contribution in [3.63, 3.8) is 0 Å². The van der Waals surface area contributed by atoms with Crippen LogP contribution in [0.15, 0.2) is 47.0 Å². The Balaban J connectivity index is 1.67. The molecule has 2 aromatic carbocycles. The molecule has 0 N–H and O–H groups in total. The summed E-state index contributed by atoms with van der Waals surface area (Å²) in [5, 5.41) is 4.65. The molecule has 0 bridgehead atoms. The maximum atomic E-state index is 13.3. The zero-order valence-electron chi connectivity index (χ0n) is 12.4. The molecule has 5 nitrogen and oxygen atoms in total. The van der Waals surface area contributed by atoms with Crippen molar-refractivity contribution in [1.29, 1.82) is 0 Å². The van der Waals surface area contributed by atoms with Crippen LogP contribution in [-0.4, -0.2) is 18.2 Å². The Labute approximate surface area is 131 Å². The summed E-state index contributed by atoms with van der Waals surface area (Å²) in [4.78, 5) is 12.0. The first-order chi connectivity index (χ1) is 11.2. The average molecular weight is 315 g/mol. The third-order valence-corrected chi connectivity index (χ3v) is 3.40. The number of hydrogen-bond acceptors (Lipinski definition) is 5. The summed E-state index contributed by atoms with van der Waals surface area (Å²) < 4.78 is 28.7. The van der Waals surface area contributed by atoms with Crippen molar-refractivity contribution in [2.45, 2.75) is 13.0 Å². The fourth-order valence-electron chi connectivity index (χ4n) is 2.27. The summed E-state index contributed by atoms with van der Waals surface area (Å²) in [5.74, 6) is -0.430. The van der Waals surface area contributed by atoms with Crippen molar-refractivity contribution < 1.29 is 23.2 Å². The van der Waals surface area contributed by atoms with Gasteiger partial charge in [-0.2, -0.15) is 0 Å². The summed E-state index contributed by atoms with van der Waals surface area (Å²) in [6.45, 7) is -0.0739. The van der Waals surface area contributed by atoms with Crippen molar-refractivity contribution in [2.24, 2.45) is 0 Å². The van der Waals surface area contributed by atoms with E-state index >= 15 is 0 Å². The van der Waals surface area contributed by atoms with Gasteiger partial charge in [0.1, 0.15) is 23.9 Å². The highest BCUT2D eigenvalue weighted by Gasteiger charge is 2.14. The van der Waals surface area contributed by atoms with Crippen molar-refractivity contribution in [2.75, 3.05) is 7.11 Å². The molecule has 0 aliphatic heterocycles. The molecule has 0 radical (unpaired) electrons. The van der Waals surface area contributed by atoms with E-state index in [1.807, 2.05) is 18.2 Å². The molecule has 3 rings (SSSR count). The number of esters is 1. The van der Waals surface area contributed by atoms with Gasteiger partial charge < -0.3 is 14.0 Å². The number of carbonyl (C=O) groups excluding carboxylic acids is 1. The number of halogens is 1. The fraction of sp³-hybridized carbons (Fsp3) is 0.176. The molecule has 0 aliphatic carbocycles. The van der Waals surface area contributed by atoms with Crippen LogP contribution in [-0.2, 0) is 22.6 Å². The van der Waals surface area contributed by atoms with Crippen molar-refractivity contribution in [1.82, 2.24) is 5.16 Å². The Morgan fingerprint density at radius 2 is 2.09 bits per heavy atom. The molecular formula is C17H14FNO4. The minimum absolute atomic E-state index is 0.0192. The highest BCUT2D eigenvalue weighted by molar-refractivity contribution is 5.84. The van der Waals surface area contributed by atoms with E-state index in [-0.39, 0.29) is 13.0 Å². The Kier molecular flexibility index (Phi) is 4.23. The SMILES string of the molecule is COc1ccc(F)cc1COC(=O)Cc1noc2ccccc12. The van der Waals surface area contributed by atoms with E-state index in [2.05, 4.69) is 5.16 Å². The molecule has 1 heterocycles. The first-order valence-electron chi connectivity index (χ1n) is 6.98. The lowest BCUT2D eigenvalue weighted by atomic mass is 10.2. The second-order valence-electron chi connectivity index (χ2n) is 4.92. The van der Waals surface area contributed by atoms with E-state index in [1.165, 1.54) is 25.3 Å². The number of methoxy groups -OCH3 is 1. The van der Waals surface area contributed by atoms with Gasteiger partial charge in [-0.1, -0.05) is 17.3 Å². The fourth-order valence-corrected chi connectivity index (χ4v) is 2.27. The van der Waals surface area contributed by atoms with Gasteiger partial charge in [0.2, 0.25) is 0 Å². The van der Waals surface area contributed by atoms with Gasteiger partial charge in [-0.25, -0.2) is 4.39 Å². The smallest absolute Gasteiger partial charge is 0.312 e. The summed E-state index contributed by atoms with van der Waals surface area (Å²) in [5.41, 5.74) is 1.59. The van der Waals surface area contributed by atoms with Crippen molar-refractivity contribution in [3.05, 3.63) is 59.5 Å². The molecule has 0 atom stereocenters. The predicted molar refractivity (Wildman–Crippen MR) is 80.5 cm³/mol. The second kappa shape index (κ2) is 6.48. The molecule has 23 heavy (non-hydrogen) atoms. The molecule has 0 fully saturated rings. The molecule has 0 spiro atoms. The van der Waals surface area contributed by atoms with Crippen LogP contribution in [0, 0.1) is 5.82 Å². The van der Waals surface area contributed by atoms with Crippen LogP contribution in [0.25, 0.3) is 11.0 Å². The maximum Gasteiger partial charge on any atom is 0.312 e. The van der Waals surface area contributed by atoms with Crippen LogP contribution in [0.5, 0.6) is 5.75 Å². The number of nitrogens with zero attached hydrogens (tertiary/aromatic N) is 1. The van der Waals surface area contributed by atoms with Crippen LogP contribution >= 0.6 is 0 Å². The Morgan fingerprint density at radius 1 is 1.26 bits per heavy atom. The second-order valence-corrected chi connectivity index (χ2v) is 4.92. The number of benzene rings is 2. The molecule has 0 saturated heterocycles. The summed E-state index contributed by atoms with van der Waals surface area (Å²) in [6.07, 6.45) is -0.0192. The van der Waals surface area contributed by atoms with Gasteiger partial charge in [-0.3, -0.25) is 4.79 Å². The summed E-state index contributed by atoms with van der Waals surface area (Å²) in [6, 6.07) is 11.3. The topological polar surface area (TPSA) is 61.6 Å². The number of ether oxygens (including phenoxy) is 2. The summed E-state index contributed by atoms with van der Waals surface area (Å²) >= 11 is 0. The molecule has 6 heteroatoms. The monoisotopic (exact) mass is 315 g/mol. The van der Waals surface area contributed by atoms with Gasteiger partial charge in [-0.15, -0.1) is 0 Å². The van der Waals surface area contributed by atoms with Gasteiger partial charge in [0, 0.05) is 10.9 Å². The predicted octanol–water partition coefficient (Wildman–Crippen LogP) is 3.26. The lowest BCUT2D eigenvalue weighted by Crippen LogP contribution is -2.09. The van der Waals surface area contributed by atoms with E-state index < -0.39 is 11.8 Å². The minimum Gasteiger partial charge on any atom is -0.496 e. The molecule has 0 amide bonds. The largest absolute Gasteiger partial charge is 0.496 e. The highest BCUT2D eigenvalue weighted by Crippen LogP contribution is 2.21. The van der Waals surface area contributed by atoms with E-state index in [0.29, 0.717) is 22.6 Å². The quantitative estimate of drug-likeness (QED) is 0.676. The van der Waals surface area contributed by atoms with Gasteiger partial charge >= 0.3 is 5.97 Å². The maximum absolute atomic E-state index is 13.3. The van der Waals surface area contributed by atoms with E-state index in [1.54, 1.807) is 6.07 Å². The number of hydrogen-bond donors (Lipinski definition) is 0. The molecule has 3 aromatic rings. The molecule has 1 aromatic heterocycles. The van der Waals surface area contributed by atoms with Crippen LogP contribution < -0.4 is 4.74 Å². The van der Waals surface area contributed by atoms with E-state index in [9.17, 15) is 9.18 Å². The van der Waals surface area contributed by atoms with Gasteiger partial charge in [0.05, 0.1) is 13.5 Å². The Bertz CT molecular complexity index is 843. The first-order valence-corrected chi connectivity index (χ1v) is 6.98. The Hall–Kier alpha value is -2.89. The number of aromatic nitrogens is 1. The zero-order chi connectivity index (χ0) is 16.2. The molecule has 0 unspecified atom stereocenters. The molecule has 0 saturated carbocycles. The number of rotatable bonds is 5. The summed E-state index contributed by atoms with van der Waals surface area (Å²) in [7, 11) is 1.47. The average Bonchev–Trinajstić information content (AvgIpc) is 2.96. The van der Waals surface area contributed by atoms with Gasteiger partial charge in [-0.05, 0) is 30.3 Å². The first kappa shape index (κ1) is 15.0. The van der Waals surface area contributed by atoms with Crippen LogP contribution in [0.4, 0.5) is 4.39 Å². The lowest BCUT2D eigenvalue weighted by molar-refractivity contribution is -0.144. The third kappa shape index (κ3) is 3.31. The van der Waals surface area contributed by atoms with E-state index in [0.717, 1.165) is 5.39 Å². The third-order valence-electron chi connectivity index (χ3n) is 3.40. The number of fused-ring (bicyclic) bond motifs is 1. The minimum atomic E-state index is -0.477. The zero-order valence-corrected chi connectivity index (χ0v) is 12.4. The standard InChI is InChI=1S/C17H14FNO4/c1-21-15-7-6-12(18)8-11(15)10-22-17(20)9-14-13-4-2-3-5-16(13)23-19-14/h2-8H,9-10H2,1H3. The van der Waals surface area contributed by atoms with Crippen LogP contribution in [0.1, 0.15) is 11.3 Å².